The highest BCUT2D eigenvalue weighted by atomic mass is 16.4. The van der Waals surface area contributed by atoms with Crippen LogP contribution in [0.2, 0.25) is 0 Å². The lowest BCUT2D eigenvalue weighted by atomic mass is 9.74. The number of nitrogens with one attached hydrogen (secondary N) is 1. The van der Waals surface area contributed by atoms with Crippen LogP contribution in [0.25, 0.3) is 11.1 Å². The second-order valence-corrected chi connectivity index (χ2v) is 6.87. The minimum Gasteiger partial charge on any atom is -0.423 e. The molecule has 124 valence electrons. The monoisotopic (exact) mass is 316 g/mol. The lowest BCUT2D eigenvalue weighted by Gasteiger charge is -2.37. The smallest absolute Gasteiger partial charge is 0.297 e. The van der Waals surface area contributed by atoms with Crippen molar-refractivity contribution in [1.29, 1.82) is 0 Å². The lowest BCUT2D eigenvalue weighted by molar-refractivity contribution is -0.122. The minimum atomic E-state index is -0.432. The Morgan fingerprint density at radius 1 is 1.43 bits per heavy atom. The van der Waals surface area contributed by atoms with Crippen LogP contribution in [0.1, 0.15) is 32.6 Å². The van der Waals surface area contributed by atoms with Crippen LogP contribution in [0.3, 0.4) is 0 Å². The summed E-state index contributed by atoms with van der Waals surface area (Å²) in [6.07, 6.45) is 3.88. The number of aromatic nitrogens is 1. The van der Waals surface area contributed by atoms with Crippen LogP contribution < -0.4 is 16.0 Å². The van der Waals surface area contributed by atoms with Crippen LogP contribution in [0.5, 0.6) is 0 Å². The third-order valence-electron chi connectivity index (χ3n) is 4.60. The van der Waals surface area contributed by atoms with Crippen molar-refractivity contribution in [3.63, 3.8) is 0 Å². The molecule has 0 bridgehead atoms. The summed E-state index contributed by atoms with van der Waals surface area (Å²) in [6.45, 7) is 1.97. The Balaban J connectivity index is 1.79. The lowest BCUT2D eigenvalue weighted by Crippen LogP contribution is -2.51. The zero-order valence-electron chi connectivity index (χ0n) is 13.9. The molecule has 2 unspecified atom stereocenters. The van der Waals surface area contributed by atoms with Gasteiger partial charge in [0, 0.05) is 25.3 Å². The molecular formula is C17H24N4O2. The molecule has 0 radical (unpaired) electrons. The van der Waals surface area contributed by atoms with E-state index in [4.69, 9.17) is 10.2 Å². The second kappa shape index (κ2) is 5.85. The number of benzene rings is 1. The van der Waals surface area contributed by atoms with Crippen LogP contribution in [-0.4, -0.2) is 30.5 Å². The van der Waals surface area contributed by atoms with Crippen LogP contribution in [-0.2, 0) is 4.79 Å². The van der Waals surface area contributed by atoms with Gasteiger partial charge < -0.3 is 20.4 Å². The van der Waals surface area contributed by atoms with E-state index in [-0.39, 0.29) is 11.8 Å². The fraction of sp³-hybridized carbons (Fsp3) is 0.529. The summed E-state index contributed by atoms with van der Waals surface area (Å²) in [4.78, 5) is 18.8. The van der Waals surface area contributed by atoms with Crippen LogP contribution in [0.15, 0.2) is 22.6 Å². The summed E-state index contributed by atoms with van der Waals surface area (Å²) in [6, 6.07) is 6.04. The van der Waals surface area contributed by atoms with Crippen molar-refractivity contribution in [1.82, 2.24) is 4.98 Å². The quantitative estimate of drug-likeness (QED) is 0.909. The standard InChI is InChI=1S/C17H24N4O2/c1-17(18)9-5-4-6-12(17)15(22)19-11-7-8-14-13(10-11)20-16(23-14)21(2)3/h7-8,10,12H,4-6,9,18H2,1-3H3,(H,19,22). The number of oxazole rings is 1. The van der Waals surface area contributed by atoms with Gasteiger partial charge in [-0.15, -0.1) is 0 Å². The average molecular weight is 316 g/mol. The third kappa shape index (κ3) is 3.17. The zero-order chi connectivity index (χ0) is 16.6. The van der Waals surface area contributed by atoms with Gasteiger partial charge >= 0.3 is 0 Å². The van der Waals surface area contributed by atoms with Gasteiger partial charge in [0.05, 0.1) is 5.92 Å². The van der Waals surface area contributed by atoms with Gasteiger partial charge in [-0.25, -0.2) is 0 Å². The molecule has 2 aromatic rings. The highest BCUT2D eigenvalue weighted by molar-refractivity contribution is 5.95. The zero-order valence-corrected chi connectivity index (χ0v) is 13.9. The summed E-state index contributed by atoms with van der Waals surface area (Å²) in [5.74, 6) is -0.160. The molecule has 6 heteroatoms. The second-order valence-electron chi connectivity index (χ2n) is 6.87. The molecule has 1 aromatic heterocycles. The average Bonchev–Trinajstić information content (AvgIpc) is 2.90. The Morgan fingerprint density at radius 3 is 2.91 bits per heavy atom. The van der Waals surface area contributed by atoms with Crippen molar-refractivity contribution in [2.75, 3.05) is 24.3 Å². The molecule has 3 N–H and O–H groups in total. The van der Waals surface area contributed by atoms with Gasteiger partial charge in [0.25, 0.3) is 6.01 Å². The van der Waals surface area contributed by atoms with E-state index in [1.54, 1.807) is 4.90 Å². The number of nitrogens with two attached hydrogens (primary N) is 1. The third-order valence-corrected chi connectivity index (χ3v) is 4.60. The van der Waals surface area contributed by atoms with Crippen LogP contribution >= 0.6 is 0 Å². The molecule has 1 aromatic carbocycles. The molecule has 1 saturated carbocycles. The first kappa shape index (κ1) is 15.8. The van der Waals surface area contributed by atoms with E-state index in [2.05, 4.69) is 10.3 Å². The molecule has 23 heavy (non-hydrogen) atoms. The van der Waals surface area contributed by atoms with Crippen molar-refractivity contribution < 1.29 is 9.21 Å². The summed E-state index contributed by atoms with van der Waals surface area (Å²) >= 11 is 0. The number of rotatable bonds is 3. The fourth-order valence-corrected chi connectivity index (χ4v) is 3.20. The number of anilines is 2. The number of hydrogen-bond acceptors (Lipinski definition) is 5. The van der Waals surface area contributed by atoms with Crippen molar-refractivity contribution in [3.8, 4) is 0 Å². The predicted octanol–water partition coefficient (Wildman–Crippen LogP) is 2.74. The molecule has 0 spiro atoms. The van der Waals surface area contributed by atoms with Gasteiger partial charge in [-0.2, -0.15) is 4.98 Å². The Morgan fingerprint density at radius 2 is 2.22 bits per heavy atom. The highest BCUT2D eigenvalue weighted by Gasteiger charge is 2.37. The number of amides is 1. The number of nitrogens with zero attached hydrogens (tertiary/aromatic N) is 2. The van der Waals surface area contributed by atoms with E-state index in [0.717, 1.165) is 36.9 Å². The van der Waals surface area contributed by atoms with Gasteiger partial charge in [0.2, 0.25) is 5.91 Å². The van der Waals surface area contributed by atoms with E-state index in [1.807, 2.05) is 39.2 Å². The Kier molecular flexibility index (Phi) is 4.02. The molecule has 6 nitrogen and oxygen atoms in total. The summed E-state index contributed by atoms with van der Waals surface area (Å²) in [5.41, 5.74) is 8.03. The molecule has 1 aliphatic carbocycles. The van der Waals surface area contributed by atoms with Gasteiger partial charge in [0.15, 0.2) is 5.58 Å². The molecule has 1 heterocycles. The summed E-state index contributed by atoms with van der Waals surface area (Å²) in [7, 11) is 3.75. The Hall–Kier alpha value is -2.08. The van der Waals surface area contributed by atoms with E-state index in [0.29, 0.717) is 11.6 Å². The maximum atomic E-state index is 12.6. The first-order valence-corrected chi connectivity index (χ1v) is 8.04. The molecule has 0 aliphatic heterocycles. The van der Waals surface area contributed by atoms with Crippen molar-refractivity contribution in [3.05, 3.63) is 18.2 Å². The largest absolute Gasteiger partial charge is 0.423 e. The van der Waals surface area contributed by atoms with E-state index in [9.17, 15) is 4.79 Å². The molecule has 3 rings (SSSR count). The molecule has 1 amide bonds. The van der Waals surface area contributed by atoms with Crippen LogP contribution in [0, 0.1) is 5.92 Å². The number of carbonyl (C=O) groups is 1. The van der Waals surface area contributed by atoms with E-state index < -0.39 is 5.54 Å². The van der Waals surface area contributed by atoms with Gasteiger partial charge in [0.1, 0.15) is 5.52 Å². The normalized spacial score (nSPS) is 24.6. The Labute approximate surface area is 136 Å². The summed E-state index contributed by atoms with van der Waals surface area (Å²) < 4.78 is 5.62. The number of hydrogen-bond donors (Lipinski definition) is 2. The highest BCUT2D eigenvalue weighted by Crippen LogP contribution is 2.33. The van der Waals surface area contributed by atoms with E-state index >= 15 is 0 Å². The van der Waals surface area contributed by atoms with Crippen molar-refractivity contribution in [2.45, 2.75) is 38.1 Å². The van der Waals surface area contributed by atoms with E-state index in [1.165, 1.54) is 0 Å². The number of carbonyl (C=O) groups excluding carboxylic acids is 1. The number of fused-ring (bicyclic) bond motifs is 1. The summed E-state index contributed by atoms with van der Waals surface area (Å²) in [5, 5.41) is 2.98. The minimum absolute atomic E-state index is 0.00891. The SMILES string of the molecule is CN(C)c1nc2cc(NC(=O)C3CCCCC3(C)N)ccc2o1. The molecule has 1 fully saturated rings. The van der Waals surface area contributed by atoms with Crippen molar-refractivity contribution in [2.24, 2.45) is 11.7 Å². The molecular weight excluding hydrogens is 292 g/mol. The Bertz CT molecular complexity index is 720. The van der Waals surface area contributed by atoms with Crippen molar-refractivity contribution >= 4 is 28.7 Å². The first-order chi connectivity index (χ1) is 10.9. The van der Waals surface area contributed by atoms with Gasteiger partial charge in [-0.3, -0.25) is 4.79 Å². The van der Waals surface area contributed by atoms with Gasteiger partial charge in [-0.05, 0) is 38.0 Å². The maximum absolute atomic E-state index is 12.6. The molecule has 1 aliphatic rings. The van der Waals surface area contributed by atoms with Gasteiger partial charge in [-0.1, -0.05) is 12.8 Å². The van der Waals surface area contributed by atoms with Crippen LogP contribution in [0.4, 0.5) is 11.7 Å². The molecule has 2 atom stereocenters. The topological polar surface area (TPSA) is 84.4 Å². The molecule has 0 saturated heterocycles. The first-order valence-electron chi connectivity index (χ1n) is 8.04. The fourth-order valence-electron chi connectivity index (χ4n) is 3.20. The predicted molar refractivity (Wildman–Crippen MR) is 91.5 cm³/mol. The maximum Gasteiger partial charge on any atom is 0.297 e.